The van der Waals surface area contributed by atoms with Gasteiger partial charge in [-0.2, -0.15) is 0 Å². The normalized spacial score (nSPS) is 18.5. The van der Waals surface area contributed by atoms with Crippen LogP contribution in [0.5, 0.6) is 0 Å². The van der Waals surface area contributed by atoms with Crippen molar-refractivity contribution in [2.75, 3.05) is 26.2 Å². The van der Waals surface area contributed by atoms with Crippen LogP contribution >= 0.6 is 11.8 Å². The molecule has 0 N–H and O–H groups in total. The Morgan fingerprint density at radius 2 is 1.60 bits per heavy atom. The summed E-state index contributed by atoms with van der Waals surface area (Å²) < 4.78 is 2.01. The summed E-state index contributed by atoms with van der Waals surface area (Å²) in [5.41, 5.74) is 2.37. The van der Waals surface area contributed by atoms with E-state index in [9.17, 15) is 4.79 Å². The van der Waals surface area contributed by atoms with E-state index in [0.29, 0.717) is 11.1 Å². The van der Waals surface area contributed by atoms with Crippen LogP contribution in [0.4, 0.5) is 0 Å². The summed E-state index contributed by atoms with van der Waals surface area (Å²) >= 11 is 1.49. The smallest absolute Gasteiger partial charge is 0.235 e. The molecule has 1 saturated carbocycles. The second-order valence-corrected chi connectivity index (χ2v) is 11.0. The molecule has 7 heteroatoms. The Balaban J connectivity index is 1.22. The Morgan fingerprint density at radius 3 is 2.29 bits per heavy atom. The largest absolute Gasteiger partial charge is 0.339 e. The van der Waals surface area contributed by atoms with Gasteiger partial charge in [-0.1, -0.05) is 79.6 Å². The van der Waals surface area contributed by atoms with E-state index in [1.54, 1.807) is 0 Å². The van der Waals surface area contributed by atoms with Crippen molar-refractivity contribution in [1.29, 1.82) is 0 Å². The standard InChI is InChI=1S/C28H35N5OS/c1-22(27(34)32-19-17-31(18-20-32)21-23-11-5-2-6-12-23)35-28-29-26(24-13-7-3-8-14-24)33(30-28)25-15-9-4-10-16-25/h2,4-6,9-12,15-16,22,24H,3,7-8,13-14,17-21H2,1H3/t22-/m1/s1. The minimum Gasteiger partial charge on any atom is -0.339 e. The molecule has 3 aromatic rings. The number of rotatable bonds is 7. The molecule has 2 heterocycles. The molecule has 2 fully saturated rings. The van der Waals surface area contributed by atoms with Gasteiger partial charge in [-0.25, -0.2) is 9.67 Å². The molecule has 1 saturated heterocycles. The third-order valence-electron chi connectivity index (χ3n) is 7.15. The number of amides is 1. The van der Waals surface area contributed by atoms with E-state index in [1.807, 2.05) is 34.7 Å². The first-order valence-electron chi connectivity index (χ1n) is 12.9. The number of aromatic nitrogens is 3. The maximum atomic E-state index is 13.3. The number of piperazine rings is 1. The van der Waals surface area contributed by atoms with Crippen molar-refractivity contribution in [3.8, 4) is 5.69 Å². The lowest BCUT2D eigenvalue weighted by molar-refractivity contribution is -0.132. The van der Waals surface area contributed by atoms with Gasteiger partial charge in [0.25, 0.3) is 0 Å². The van der Waals surface area contributed by atoms with Gasteiger partial charge in [0.15, 0.2) is 0 Å². The monoisotopic (exact) mass is 489 g/mol. The fourth-order valence-electron chi connectivity index (χ4n) is 5.17. The summed E-state index contributed by atoms with van der Waals surface area (Å²) in [6.45, 7) is 6.30. The van der Waals surface area contributed by atoms with Gasteiger partial charge in [0, 0.05) is 38.6 Å². The molecule has 2 aromatic carbocycles. The van der Waals surface area contributed by atoms with Crippen molar-refractivity contribution >= 4 is 17.7 Å². The molecule has 0 bridgehead atoms. The van der Waals surface area contributed by atoms with Crippen molar-refractivity contribution in [1.82, 2.24) is 24.6 Å². The molecule has 1 aliphatic heterocycles. The zero-order chi connectivity index (χ0) is 24.0. The highest BCUT2D eigenvalue weighted by molar-refractivity contribution is 8.00. The van der Waals surface area contributed by atoms with E-state index >= 15 is 0 Å². The van der Waals surface area contributed by atoms with Crippen LogP contribution in [0.25, 0.3) is 5.69 Å². The second-order valence-electron chi connectivity index (χ2n) is 9.68. The number of nitrogens with zero attached hydrogens (tertiary/aromatic N) is 5. The summed E-state index contributed by atoms with van der Waals surface area (Å²) in [4.78, 5) is 22.7. The quantitative estimate of drug-likeness (QED) is 0.430. The molecule has 1 amide bonds. The molecule has 1 aromatic heterocycles. The van der Waals surface area contributed by atoms with Crippen molar-refractivity contribution in [3.05, 3.63) is 72.1 Å². The van der Waals surface area contributed by atoms with E-state index in [-0.39, 0.29) is 11.2 Å². The third kappa shape index (κ3) is 5.96. The van der Waals surface area contributed by atoms with Crippen LogP contribution in [0.1, 0.15) is 56.3 Å². The van der Waals surface area contributed by atoms with Gasteiger partial charge in [-0.3, -0.25) is 9.69 Å². The first-order valence-corrected chi connectivity index (χ1v) is 13.8. The van der Waals surface area contributed by atoms with Crippen molar-refractivity contribution < 1.29 is 4.79 Å². The molecular weight excluding hydrogens is 454 g/mol. The van der Waals surface area contributed by atoms with Crippen LogP contribution in [-0.4, -0.2) is 61.9 Å². The van der Waals surface area contributed by atoms with E-state index in [1.165, 1.54) is 36.6 Å². The number of benzene rings is 2. The van der Waals surface area contributed by atoms with Crippen molar-refractivity contribution in [3.63, 3.8) is 0 Å². The first-order chi connectivity index (χ1) is 17.2. The zero-order valence-electron chi connectivity index (χ0n) is 20.6. The SMILES string of the molecule is C[C@@H](Sc1nc(C2CCCCC2)n(-c2ccccc2)n1)C(=O)N1CCN(Cc2ccccc2)CC1. The van der Waals surface area contributed by atoms with Crippen LogP contribution in [0.2, 0.25) is 0 Å². The number of hydrogen-bond acceptors (Lipinski definition) is 5. The lowest BCUT2D eigenvalue weighted by Gasteiger charge is -2.35. The Labute approximate surface area is 212 Å². The van der Waals surface area contributed by atoms with Crippen LogP contribution < -0.4 is 0 Å². The van der Waals surface area contributed by atoms with Gasteiger partial charge >= 0.3 is 0 Å². The minimum atomic E-state index is -0.207. The predicted octanol–water partition coefficient (Wildman–Crippen LogP) is 5.14. The lowest BCUT2D eigenvalue weighted by Crippen LogP contribution is -2.50. The number of para-hydroxylation sites is 1. The summed E-state index contributed by atoms with van der Waals surface area (Å²) in [5, 5.41) is 5.37. The van der Waals surface area contributed by atoms with Gasteiger partial charge < -0.3 is 4.90 Å². The summed E-state index contributed by atoms with van der Waals surface area (Å²) in [7, 11) is 0. The highest BCUT2D eigenvalue weighted by Gasteiger charge is 2.28. The van der Waals surface area contributed by atoms with Gasteiger partial charge in [-0.05, 0) is 37.5 Å². The van der Waals surface area contributed by atoms with E-state index in [4.69, 9.17) is 10.1 Å². The van der Waals surface area contributed by atoms with Gasteiger partial charge in [0.2, 0.25) is 11.1 Å². The Morgan fingerprint density at radius 1 is 0.943 bits per heavy atom. The second kappa shape index (κ2) is 11.4. The highest BCUT2D eigenvalue weighted by Crippen LogP contribution is 2.34. The van der Waals surface area contributed by atoms with Crippen molar-refractivity contribution in [2.24, 2.45) is 0 Å². The molecule has 35 heavy (non-hydrogen) atoms. The number of carbonyl (C=O) groups excluding carboxylic acids is 1. The molecule has 0 spiro atoms. The molecule has 184 valence electrons. The Hall–Kier alpha value is -2.64. The summed E-state index contributed by atoms with van der Waals surface area (Å²) in [5.74, 6) is 1.67. The molecule has 1 aliphatic carbocycles. The number of hydrogen-bond donors (Lipinski definition) is 0. The average Bonchev–Trinajstić information content (AvgIpc) is 3.34. The Kier molecular flexibility index (Phi) is 7.84. The van der Waals surface area contributed by atoms with Gasteiger partial charge in [-0.15, -0.1) is 5.10 Å². The zero-order valence-corrected chi connectivity index (χ0v) is 21.4. The molecule has 0 radical (unpaired) electrons. The van der Waals surface area contributed by atoms with Crippen molar-refractivity contribution in [2.45, 2.75) is 61.9 Å². The summed E-state index contributed by atoms with van der Waals surface area (Å²) in [6.07, 6.45) is 6.14. The number of thioether (sulfide) groups is 1. The minimum absolute atomic E-state index is 0.185. The van der Waals surface area contributed by atoms with E-state index < -0.39 is 0 Å². The van der Waals surface area contributed by atoms with Crippen LogP contribution in [0, 0.1) is 0 Å². The number of carbonyl (C=O) groups is 1. The molecule has 0 unspecified atom stereocenters. The lowest BCUT2D eigenvalue weighted by atomic mass is 9.88. The van der Waals surface area contributed by atoms with E-state index in [0.717, 1.165) is 57.1 Å². The fourth-order valence-corrected chi connectivity index (χ4v) is 6.01. The maximum Gasteiger partial charge on any atom is 0.235 e. The Bertz CT molecular complexity index is 1090. The first kappa shape index (κ1) is 24.1. The highest BCUT2D eigenvalue weighted by atomic mass is 32.2. The van der Waals surface area contributed by atoms with Gasteiger partial charge in [0.1, 0.15) is 5.82 Å². The molecule has 2 aliphatic rings. The maximum absolute atomic E-state index is 13.3. The molecule has 6 nitrogen and oxygen atoms in total. The fraction of sp³-hybridized carbons (Fsp3) is 0.464. The molecule has 5 rings (SSSR count). The molecular formula is C28H35N5OS. The van der Waals surface area contributed by atoms with Crippen LogP contribution in [-0.2, 0) is 11.3 Å². The average molecular weight is 490 g/mol. The predicted molar refractivity (Wildman–Crippen MR) is 141 cm³/mol. The molecule has 1 atom stereocenters. The third-order valence-corrected chi connectivity index (χ3v) is 8.09. The van der Waals surface area contributed by atoms with Gasteiger partial charge in [0.05, 0.1) is 10.9 Å². The topological polar surface area (TPSA) is 54.3 Å². The van der Waals surface area contributed by atoms with Crippen LogP contribution in [0.15, 0.2) is 65.8 Å². The van der Waals surface area contributed by atoms with E-state index in [2.05, 4.69) is 47.4 Å². The summed E-state index contributed by atoms with van der Waals surface area (Å²) in [6, 6.07) is 20.8. The van der Waals surface area contributed by atoms with Crippen LogP contribution in [0.3, 0.4) is 0 Å².